The second-order valence-corrected chi connectivity index (χ2v) is 3.60. The molecule has 0 atom stereocenters. The van der Waals surface area contributed by atoms with Gasteiger partial charge in [-0.2, -0.15) is 9.36 Å². The highest BCUT2D eigenvalue weighted by atomic mass is 32.1. The first-order chi connectivity index (χ1) is 8.20. The summed E-state index contributed by atoms with van der Waals surface area (Å²) in [6, 6.07) is 2.72. The van der Waals surface area contributed by atoms with Crippen molar-refractivity contribution in [3.8, 4) is 11.6 Å². The summed E-state index contributed by atoms with van der Waals surface area (Å²) in [6.45, 7) is 0. The van der Waals surface area contributed by atoms with E-state index in [0.29, 0.717) is 11.0 Å². The van der Waals surface area contributed by atoms with Crippen LogP contribution in [-0.4, -0.2) is 27.7 Å². The van der Waals surface area contributed by atoms with Gasteiger partial charge < -0.3 is 9.73 Å². The Bertz CT molecular complexity index is 561. The number of anilines is 1. The van der Waals surface area contributed by atoms with Crippen molar-refractivity contribution in [2.75, 3.05) is 12.4 Å². The van der Waals surface area contributed by atoms with Crippen LogP contribution in [0.5, 0.6) is 0 Å². The number of furan rings is 1. The predicted octanol–water partition coefficient (Wildman–Crippen LogP) is 1.78. The zero-order valence-corrected chi connectivity index (χ0v) is 9.47. The van der Waals surface area contributed by atoms with E-state index in [1.807, 2.05) is 0 Å². The van der Waals surface area contributed by atoms with Crippen LogP contribution < -0.4 is 5.32 Å². The Morgan fingerprint density at radius 3 is 3.12 bits per heavy atom. The van der Waals surface area contributed by atoms with E-state index in [1.54, 1.807) is 7.05 Å². The number of rotatable bonds is 4. The molecule has 2 rings (SSSR count). The minimum atomic E-state index is -0.612. The molecule has 8 nitrogen and oxygen atoms in total. The van der Waals surface area contributed by atoms with E-state index in [2.05, 4.69) is 19.7 Å². The summed E-state index contributed by atoms with van der Waals surface area (Å²) in [5, 5.41) is 13.8. The van der Waals surface area contributed by atoms with Crippen LogP contribution in [0.2, 0.25) is 0 Å². The molecule has 0 bridgehead atoms. The van der Waals surface area contributed by atoms with Gasteiger partial charge in [-0.1, -0.05) is 0 Å². The fraction of sp³-hybridized carbons (Fsp3) is 0.125. The quantitative estimate of drug-likeness (QED) is 0.385. The van der Waals surface area contributed by atoms with Crippen LogP contribution in [0, 0.1) is 10.1 Å². The number of aliphatic imine (C=N–C) groups is 1. The minimum absolute atomic E-state index is 0.259. The molecule has 0 aliphatic carbocycles. The van der Waals surface area contributed by atoms with Crippen LogP contribution in [0.1, 0.15) is 0 Å². The molecule has 2 aromatic heterocycles. The second kappa shape index (κ2) is 4.70. The van der Waals surface area contributed by atoms with E-state index in [-0.39, 0.29) is 11.6 Å². The topological polar surface area (TPSA) is 106 Å². The highest BCUT2D eigenvalue weighted by Gasteiger charge is 2.16. The normalized spacial score (nSPS) is 10.9. The molecule has 0 fully saturated rings. The van der Waals surface area contributed by atoms with Crippen LogP contribution in [0.4, 0.5) is 11.0 Å². The molecule has 9 heteroatoms. The molecule has 0 amide bonds. The number of aromatic nitrogens is 2. The first kappa shape index (κ1) is 11.2. The molecule has 0 unspecified atom stereocenters. The van der Waals surface area contributed by atoms with Crippen LogP contribution in [-0.2, 0) is 0 Å². The summed E-state index contributed by atoms with van der Waals surface area (Å²) in [4.78, 5) is 17.6. The third-order valence-electron chi connectivity index (χ3n) is 1.74. The molecular weight excluding hydrogens is 246 g/mol. The van der Waals surface area contributed by atoms with Crippen LogP contribution in [0.3, 0.4) is 0 Å². The predicted molar refractivity (Wildman–Crippen MR) is 62.3 cm³/mol. The van der Waals surface area contributed by atoms with Crippen LogP contribution >= 0.6 is 11.5 Å². The van der Waals surface area contributed by atoms with Crippen molar-refractivity contribution in [1.82, 2.24) is 9.36 Å². The van der Waals surface area contributed by atoms with E-state index in [1.165, 1.54) is 18.5 Å². The number of nitrogens with zero attached hydrogens (tertiary/aromatic N) is 4. The fourth-order valence-corrected chi connectivity index (χ4v) is 1.58. The molecule has 1 N–H and O–H groups in total. The maximum Gasteiger partial charge on any atom is 0.433 e. The van der Waals surface area contributed by atoms with E-state index < -0.39 is 4.92 Å². The zero-order valence-electron chi connectivity index (χ0n) is 8.65. The average Bonchev–Trinajstić information content (AvgIpc) is 2.94. The van der Waals surface area contributed by atoms with E-state index in [9.17, 15) is 10.1 Å². The lowest BCUT2D eigenvalue weighted by Gasteiger charge is -1.88. The van der Waals surface area contributed by atoms with Gasteiger partial charge >= 0.3 is 5.88 Å². The smallest absolute Gasteiger partial charge is 0.397 e. The highest BCUT2D eigenvalue weighted by Crippen LogP contribution is 2.25. The van der Waals surface area contributed by atoms with Gasteiger partial charge in [0.2, 0.25) is 11.0 Å². The Morgan fingerprint density at radius 1 is 1.65 bits per heavy atom. The number of hydrogen-bond acceptors (Lipinski definition) is 7. The third-order valence-corrected chi connectivity index (χ3v) is 2.38. The summed E-state index contributed by atoms with van der Waals surface area (Å²) in [6.07, 6.45) is 1.47. The van der Waals surface area contributed by atoms with E-state index in [0.717, 1.165) is 11.5 Å². The Balaban J connectivity index is 2.21. The molecule has 2 heterocycles. The Labute approximate surface area is 99.3 Å². The Hall–Kier alpha value is -2.29. The van der Waals surface area contributed by atoms with Gasteiger partial charge in [0.15, 0.2) is 5.76 Å². The zero-order chi connectivity index (χ0) is 12.3. The molecule has 17 heavy (non-hydrogen) atoms. The van der Waals surface area contributed by atoms with Gasteiger partial charge in [0.25, 0.3) is 0 Å². The lowest BCUT2D eigenvalue weighted by Crippen LogP contribution is -1.92. The van der Waals surface area contributed by atoms with Crippen LogP contribution in [0.15, 0.2) is 21.5 Å². The molecule has 2 aromatic rings. The molecule has 0 aliphatic heterocycles. The number of hydrogen-bond donors (Lipinski definition) is 1. The lowest BCUT2D eigenvalue weighted by atomic mass is 10.4. The van der Waals surface area contributed by atoms with Gasteiger partial charge in [-0.15, -0.1) is 0 Å². The monoisotopic (exact) mass is 253 g/mol. The number of nitro groups is 1. The molecule has 0 spiro atoms. The van der Waals surface area contributed by atoms with Gasteiger partial charge in [-0.25, -0.2) is 0 Å². The molecule has 0 saturated heterocycles. The van der Waals surface area contributed by atoms with Crippen molar-refractivity contribution in [2.24, 2.45) is 4.99 Å². The summed E-state index contributed by atoms with van der Waals surface area (Å²) in [5.41, 5.74) is 0. The third kappa shape index (κ3) is 2.45. The summed E-state index contributed by atoms with van der Waals surface area (Å²) in [7, 11) is 1.62. The summed E-state index contributed by atoms with van der Waals surface area (Å²) in [5.74, 6) is 0.226. The van der Waals surface area contributed by atoms with Crippen molar-refractivity contribution >= 4 is 28.9 Å². The lowest BCUT2D eigenvalue weighted by molar-refractivity contribution is -0.401. The van der Waals surface area contributed by atoms with Crippen molar-refractivity contribution < 1.29 is 9.34 Å². The molecule has 0 radical (unpaired) electrons. The summed E-state index contributed by atoms with van der Waals surface area (Å²) < 4.78 is 8.97. The van der Waals surface area contributed by atoms with Crippen molar-refractivity contribution in [3.05, 3.63) is 22.2 Å². The van der Waals surface area contributed by atoms with Gasteiger partial charge in [0.05, 0.1) is 12.4 Å². The fourth-order valence-electron chi connectivity index (χ4n) is 1.05. The van der Waals surface area contributed by atoms with E-state index >= 15 is 0 Å². The second-order valence-electron chi connectivity index (χ2n) is 2.85. The van der Waals surface area contributed by atoms with Crippen molar-refractivity contribution in [3.63, 3.8) is 0 Å². The average molecular weight is 253 g/mol. The molecule has 88 valence electrons. The van der Waals surface area contributed by atoms with Crippen LogP contribution in [0.25, 0.3) is 11.6 Å². The Kier molecular flexibility index (Phi) is 3.10. The highest BCUT2D eigenvalue weighted by molar-refractivity contribution is 7.10. The van der Waals surface area contributed by atoms with Gasteiger partial charge in [0.1, 0.15) is 4.92 Å². The Morgan fingerprint density at radius 2 is 2.47 bits per heavy atom. The van der Waals surface area contributed by atoms with E-state index in [4.69, 9.17) is 4.42 Å². The maximum absolute atomic E-state index is 10.4. The molecular formula is C8H7N5O3S. The van der Waals surface area contributed by atoms with Crippen molar-refractivity contribution in [1.29, 1.82) is 0 Å². The largest absolute Gasteiger partial charge is 0.433 e. The number of nitrogens with one attached hydrogen (secondary N) is 1. The summed E-state index contributed by atoms with van der Waals surface area (Å²) >= 11 is 1.11. The standard InChI is InChI=1S/C8H7N5O3S/c1-9-4-10-8-11-7(12-17-8)5-2-3-6(16-5)13(14)15/h2-4H,1H3,(H,9,10,11,12). The molecule has 0 aliphatic rings. The SMILES string of the molecule is CN=CNc1nc(-c2ccc([N+](=O)[O-])o2)ns1. The van der Waals surface area contributed by atoms with Crippen molar-refractivity contribution in [2.45, 2.75) is 0 Å². The van der Waals surface area contributed by atoms with Gasteiger partial charge in [-0.3, -0.25) is 15.1 Å². The van der Waals surface area contributed by atoms with Gasteiger partial charge in [0, 0.05) is 18.6 Å². The minimum Gasteiger partial charge on any atom is -0.397 e. The first-order valence-corrected chi connectivity index (χ1v) is 5.23. The van der Waals surface area contributed by atoms with Gasteiger partial charge in [-0.05, 0) is 6.07 Å². The molecule has 0 saturated carbocycles. The molecule has 0 aromatic carbocycles. The maximum atomic E-state index is 10.4. The first-order valence-electron chi connectivity index (χ1n) is 4.46.